The predicted molar refractivity (Wildman–Crippen MR) is 74.1 cm³/mol. The van der Waals surface area contributed by atoms with Crippen molar-refractivity contribution in [3.63, 3.8) is 0 Å². The van der Waals surface area contributed by atoms with Gasteiger partial charge < -0.3 is 5.32 Å². The third kappa shape index (κ3) is 3.09. The zero-order valence-corrected chi connectivity index (χ0v) is 10.8. The second kappa shape index (κ2) is 5.80. The van der Waals surface area contributed by atoms with Gasteiger partial charge >= 0.3 is 0 Å². The van der Waals surface area contributed by atoms with Crippen LogP contribution in [0.1, 0.15) is 24.1 Å². The summed E-state index contributed by atoms with van der Waals surface area (Å²) in [5.41, 5.74) is 1.56. The highest BCUT2D eigenvalue weighted by molar-refractivity contribution is 5.46. The third-order valence-electron chi connectivity index (χ3n) is 2.86. The second-order valence-corrected chi connectivity index (χ2v) is 4.26. The normalized spacial score (nSPS) is 11.4. The van der Waals surface area contributed by atoms with Crippen LogP contribution >= 0.6 is 0 Å². The van der Waals surface area contributed by atoms with Crippen molar-refractivity contribution in [2.45, 2.75) is 13.0 Å². The standard InChI is InChI=1S/C14H12N4O2/c1-10(12-4-2-11(9-15)3-5-12)17-14-8-13(18(19)20)6-7-16-14/h2-8,10H,1H3,(H,16,17). The molecule has 2 aromatic rings. The number of nitrogens with one attached hydrogen (secondary N) is 1. The van der Waals surface area contributed by atoms with E-state index in [-0.39, 0.29) is 11.7 Å². The van der Waals surface area contributed by atoms with E-state index in [2.05, 4.69) is 16.4 Å². The lowest BCUT2D eigenvalue weighted by Crippen LogP contribution is -2.08. The number of benzene rings is 1. The molecule has 1 atom stereocenters. The summed E-state index contributed by atoms with van der Waals surface area (Å²) in [6.45, 7) is 1.92. The molecule has 1 unspecified atom stereocenters. The zero-order valence-electron chi connectivity index (χ0n) is 10.8. The molecular weight excluding hydrogens is 256 g/mol. The molecule has 0 saturated heterocycles. The van der Waals surface area contributed by atoms with Gasteiger partial charge in [-0.1, -0.05) is 12.1 Å². The summed E-state index contributed by atoms with van der Waals surface area (Å²) >= 11 is 0. The molecule has 1 aromatic carbocycles. The number of hydrogen-bond acceptors (Lipinski definition) is 5. The number of nitriles is 1. The molecule has 20 heavy (non-hydrogen) atoms. The van der Waals surface area contributed by atoms with Gasteiger partial charge in [-0.2, -0.15) is 5.26 Å². The lowest BCUT2D eigenvalue weighted by atomic mass is 10.1. The summed E-state index contributed by atoms with van der Waals surface area (Å²) in [6.07, 6.45) is 1.39. The minimum Gasteiger partial charge on any atom is -0.363 e. The van der Waals surface area contributed by atoms with E-state index < -0.39 is 4.92 Å². The Bertz CT molecular complexity index is 662. The minimum absolute atomic E-state index is 0.00507. The molecule has 0 aliphatic rings. The van der Waals surface area contributed by atoms with Gasteiger partial charge in [0.1, 0.15) is 5.82 Å². The van der Waals surface area contributed by atoms with Crippen LogP contribution in [0.2, 0.25) is 0 Å². The van der Waals surface area contributed by atoms with Crippen LogP contribution < -0.4 is 5.32 Å². The van der Waals surface area contributed by atoms with Crippen molar-refractivity contribution in [2.75, 3.05) is 5.32 Å². The van der Waals surface area contributed by atoms with Gasteiger partial charge in [0.15, 0.2) is 0 Å². The molecule has 0 radical (unpaired) electrons. The number of nitrogens with zero attached hydrogens (tertiary/aromatic N) is 3. The SMILES string of the molecule is CC(Nc1cc([N+](=O)[O-])ccn1)c1ccc(C#N)cc1. The molecule has 0 spiro atoms. The molecule has 0 saturated carbocycles. The van der Waals surface area contributed by atoms with Crippen LogP contribution in [-0.4, -0.2) is 9.91 Å². The summed E-state index contributed by atoms with van der Waals surface area (Å²) in [5.74, 6) is 0.441. The molecule has 0 amide bonds. The molecule has 1 N–H and O–H groups in total. The topological polar surface area (TPSA) is 91.8 Å². The van der Waals surface area contributed by atoms with Crippen molar-refractivity contribution in [3.8, 4) is 6.07 Å². The Hall–Kier alpha value is -2.94. The maximum atomic E-state index is 10.7. The summed E-state index contributed by atoms with van der Waals surface area (Å²) in [5, 5.41) is 22.5. The van der Waals surface area contributed by atoms with E-state index in [1.807, 2.05) is 19.1 Å². The zero-order chi connectivity index (χ0) is 14.5. The van der Waals surface area contributed by atoms with Crippen LogP contribution in [0.15, 0.2) is 42.6 Å². The van der Waals surface area contributed by atoms with Gasteiger partial charge in [-0.15, -0.1) is 0 Å². The predicted octanol–water partition coefficient (Wildman–Crippen LogP) is 3.03. The first-order chi connectivity index (χ1) is 9.60. The number of nitro groups is 1. The fraction of sp³-hybridized carbons (Fsp3) is 0.143. The minimum atomic E-state index is -0.459. The first kappa shape index (κ1) is 13.5. The third-order valence-corrected chi connectivity index (χ3v) is 2.86. The highest BCUT2D eigenvalue weighted by Crippen LogP contribution is 2.20. The Morgan fingerprint density at radius 3 is 2.65 bits per heavy atom. The molecule has 1 aromatic heterocycles. The van der Waals surface area contributed by atoms with Crippen molar-refractivity contribution in [1.82, 2.24) is 4.98 Å². The number of rotatable bonds is 4. The van der Waals surface area contributed by atoms with Crippen molar-refractivity contribution in [2.24, 2.45) is 0 Å². The van der Waals surface area contributed by atoms with Crippen LogP contribution in [0, 0.1) is 21.4 Å². The Labute approximate surface area is 115 Å². The molecule has 2 rings (SSSR count). The van der Waals surface area contributed by atoms with Crippen molar-refractivity contribution in [3.05, 3.63) is 63.8 Å². The van der Waals surface area contributed by atoms with E-state index in [1.165, 1.54) is 18.3 Å². The fourth-order valence-electron chi connectivity index (χ4n) is 1.76. The van der Waals surface area contributed by atoms with Gasteiger partial charge in [0.2, 0.25) is 0 Å². The summed E-state index contributed by atoms with van der Waals surface area (Å²) in [7, 11) is 0. The highest BCUT2D eigenvalue weighted by atomic mass is 16.6. The van der Waals surface area contributed by atoms with E-state index >= 15 is 0 Å². The molecule has 0 aliphatic carbocycles. The molecule has 100 valence electrons. The van der Waals surface area contributed by atoms with Crippen LogP contribution in [0.25, 0.3) is 0 Å². The van der Waals surface area contributed by atoms with Gasteiger partial charge in [0.25, 0.3) is 5.69 Å². The van der Waals surface area contributed by atoms with E-state index in [4.69, 9.17) is 5.26 Å². The van der Waals surface area contributed by atoms with Crippen LogP contribution in [0.5, 0.6) is 0 Å². The van der Waals surface area contributed by atoms with E-state index in [1.54, 1.807) is 12.1 Å². The lowest BCUT2D eigenvalue weighted by Gasteiger charge is -2.14. The smallest absolute Gasteiger partial charge is 0.274 e. The monoisotopic (exact) mass is 268 g/mol. The molecule has 6 nitrogen and oxygen atoms in total. The van der Waals surface area contributed by atoms with Gasteiger partial charge in [-0.05, 0) is 24.6 Å². The largest absolute Gasteiger partial charge is 0.363 e. The maximum absolute atomic E-state index is 10.7. The van der Waals surface area contributed by atoms with E-state index in [0.717, 1.165) is 5.56 Å². The Morgan fingerprint density at radius 1 is 1.35 bits per heavy atom. The average Bonchev–Trinajstić information content (AvgIpc) is 2.47. The van der Waals surface area contributed by atoms with E-state index in [0.29, 0.717) is 11.4 Å². The van der Waals surface area contributed by atoms with Gasteiger partial charge in [0.05, 0.1) is 22.6 Å². The van der Waals surface area contributed by atoms with E-state index in [9.17, 15) is 10.1 Å². The fourth-order valence-corrected chi connectivity index (χ4v) is 1.76. The number of aromatic nitrogens is 1. The first-order valence-corrected chi connectivity index (χ1v) is 5.97. The van der Waals surface area contributed by atoms with Gasteiger partial charge in [-0.3, -0.25) is 10.1 Å². The Morgan fingerprint density at radius 2 is 2.05 bits per heavy atom. The van der Waals surface area contributed by atoms with Crippen LogP contribution in [0.4, 0.5) is 11.5 Å². The van der Waals surface area contributed by atoms with Crippen LogP contribution in [0.3, 0.4) is 0 Å². The first-order valence-electron chi connectivity index (χ1n) is 5.97. The molecular formula is C14H12N4O2. The highest BCUT2D eigenvalue weighted by Gasteiger charge is 2.10. The van der Waals surface area contributed by atoms with Crippen molar-refractivity contribution in [1.29, 1.82) is 5.26 Å². The van der Waals surface area contributed by atoms with Gasteiger partial charge in [0, 0.05) is 18.3 Å². The molecule has 0 bridgehead atoms. The molecule has 0 fully saturated rings. The Balaban J connectivity index is 2.14. The second-order valence-electron chi connectivity index (χ2n) is 4.26. The quantitative estimate of drug-likeness (QED) is 0.679. The number of pyridine rings is 1. The number of hydrogen-bond donors (Lipinski definition) is 1. The molecule has 6 heteroatoms. The average molecular weight is 268 g/mol. The van der Waals surface area contributed by atoms with Gasteiger partial charge in [-0.25, -0.2) is 4.98 Å². The summed E-state index contributed by atoms with van der Waals surface area (Å²) in [4.78, 5) is 14.3. The number of anilines is 1. The Kier molecular flexibility index (Phi) is 3.91. The lowest BCUT2D eigenvalue weighted by molar-refractivity contribution is -0.384. The van der Waals surface area contributed by atoms with Crippen molar-refractivity contribution < 1.29 is 4.92 Å². The summed E-state index contributed by atoms with van der Waals surface area (Å²) in [6, 6.07) is 11.9. The summed E-state index contributed by atoms with van der Waals surface area (Å²) < 4.78 is 0. The van der Waals surface area contributed by atoms with Crippen molar-refractivity contribution >= 4 is 11.5 Å². The van der Waals surface area contributed by atoms with Crippen LogP contribution in [-0.2, 0) is 0 Å². The maximum Gasteiger partial charge on any atom is 0.274 e. The molecule has 1 heterocycles. The molecule has 0 aliphatic heterocycles.